The molecule has 0 amide bonds. The SMILES string of the molecule is CCCC1(C)C(C)=C(F)CCC(C)C1C. The van der Waals surface area contributed by atoms with E-state index < -0.39 is 0 Å². The Bertz CT molecular complexity index is 254. The fraction of sp³-hybridized carbons (Fsp3) is 0.857. The second-order valence-corrected chi connectivity index (χ2v) is 5.50. The molecule has 0 saturated carbocycles. The molecule has 0 spiro atoms. The largest absolute Gasteiger partial charge is 0.212 e. The summed E-state index contributed by atoms with van der Waals surface area (Å²) < 4.78 is 13.9. The number of hydrogen-bond acceptors (Lipinski definition) is 0. The minimum atomic E-state index is 0.0781. The molecule has 0 fully saturated rings. The van der Waals surface area contributed by atoms with Gasteiger partial charge in [0.05, 0.1) is 5.83 Å². The molecule has 1 aliphatic carbocycles. The highest BCUT2D eigenvalue weighted by Crippen LogP contribution is 2.48. The Morgan fingerprint density at radius 1 is 1.40 bits per heavy atom. The Balaban J connectivity index is 3.08. The van der Waals surface area contributed by atoms with E-state index >= 15 is 0 Å². The fourth-order valence-electron chi connectivity index (χ4n) is 3.01. The van der Waals surface area contributed by atoms with Gasteiger partial charge in [-0.05, 0) is 49.0 Å². The lowest BCUT2D eigenvalue weighted by Crippen LogP contribution is -2.30. The van der Waals surface area contributed by atoms with Crippen molar-refractivity contribution in [3.05, 3.63) is 11.4 Å². The summed E-state index contributed by atoms with van der Waals surface area (Å²) in [6, 6.07) is 0. The van der Waals surface area contributed by atoms with Gasteiger partial charge in [0.25, 0.3) is 0 Å². The first kappa shape index (κ1) is 12.7. The van der Waals surface area contributed by atoms with Crippen molar-refractivity contribution in [1.82, 2.24) is 0 Å². The van der Waals surface area contributed by atoms with Crippen molar-refractivity contribution in [2.45, 2.75) is 60.3 Å². The van der Waals surface area contributed by atoms with E-state index in [0.717, 1.165) is 24.8 Å². The standard InChI is InChI=1S/C14H25F/c1-6-9-14(5)11(3)10(2)7-8-13(15)12(14)4/h10-11H,6-9H2,1-5H3. The van der Waals surface area contributed by atoms with Crippen LogP contribution in [0.1, 0.15) is 60.3 Å². The average Bonchev–Trinajstić information content (AvgIpc) is 2.27. The van der Waals surface area contributed by atoms with Crippen LogP contribution >= 0.6 is 0 Å². The van der Waals surface area contributed by atoms with Gasteiger partial charge in [-0.2, -0.15) is 0 Å². The summed E-state index contributed by atoms with van der Waals surface area (Å²) in [6.07, 6.45) is 3.90. The van der Waals surface area contributed by atoms with Gasteiger partial charge in [-0.15, -0.1) is 0 Å². The number of allylic oxidation sites excluding steroid dienone is 2. The molecule has 88 valence electrons. The topological polar surface area (TPSA) is 0 Å². The van der Waals surface area contributed by atoms with Crippen LogP contribution in [0.5, 0.6) is 0 Å². The molecule has 0 radical (unpaired) electrons. The molecule has 3 unspecified atom stereocenters. The van der Waals surface area contributed by atoms with E-state index in [-0.39, 0.29) is 11.2 Å². The molecule has 0 aromatic rings. The molecular weight excluding hydrogens is 187 g/mol. The maximum atomic E-state index is 13.9. The second-order valence-electron chi connectivity index (χ2n) is 5.50. The Morgan fingerprint density at radius 3 is 2.53 bits per heavy atom. The number of halogens is 1. The molecule has 0 saturated heterocycles. The third-order valence-electron chi connectivity index (χ3n) is 4.71. The molecule has 0 bridgehead atoms. The van der Waals surface area contributed by atoms with E-state index in [1.54, 1.807) is 0 Å². The van der Waals surface area contributed by atoms with E-state index in [1.807, 2.05) is 6.92 Å². The van der Waals surface area contributed by atoms with Crippen LogP contribution in [0.25, 0.3) is 0 Å². The molecule has 0 aromatic heterocycles. The van der Waals surface area contributed by atoms with Crippen molar-refractivity contribution in [2.75, 3.05) is 0 Å². The molecule has 0 aromatic carbocycles. The van der Waals surface area contributed by atoms with E-state index in [2.05, 4.69) is 27.7 Å². The highest BCUT2D eigenvalue weighted by atomic mass is 19.1. The first-order valence-corrected chi connectivity index (χ1v) is 6.29. The molecule has 0 nitrogen and oxygen atoms in total. The van der Waals surface area contributed by atoms with Crippen molar-refractivity contribution < 1.29 is 4.39 Å². The van der Waals surface area contributed by atoms with Crippen molar-refractivity contribution >= 4 is 0 Å². The molecule has 0 heterocycles. The molecule has 3 atom stereocenters. The average molecular weight is 212 g/mol. The third-order valence-corrected chi connectivity index (χ3v) is 4.71. The van der Waals surface area contributed by atoms with Crippen LogP contribution in [0.15, 0.2) is 11.4 Å². The van der Waals surface area contributed by atoms with Crippen LogP contribution in [-0.4, -0.2) is 0 Å². The van der Waals surface area contributed by atoms with Gasteiger partial charge in [0.1, 0.15) is 0 Å². The molecular formula is C14H25F. The molecule has 0 aliphatic heterocycles. The van der Waals surface area contributed by atoms with Gasteiger partial charge in [0.15, 0.2) is 0 Å². The lowest BCUT2D eigenvalue weighted by molar-refractivity contribution is 0.171. The summed E-state index contributed by atoms with van der Waals surface area (Å²) in [5, 5.41) is 0. The number of rotatable bonds is 2. The molecule has 1 heteroatoms. The van der Waals surface area contributed by atoms with Crippen molar-refractivity contribution in [1.29, 1.82) is 0 Å². The van der Waals surface area contributed by atoms with Gasteiger partial charge in [-0.25, -0.2) is 4.39 Å². The summed E-state index contributed by atoms with van der Waals surface area (Å²) in [5.41, 5.74) is 1.09. The Morgan fingerprint density at radius 2 is 2.00 bits per heavy atom. The first-order valence-electron chi connectivity index (χ1n) is 6.29. The lowest BCUT2D eigenvalue weighted by Gasteiger charge is -2.38. The summed E-state index contributed by atoms with van der Waals surface area (Å²) in [6.45, 7) is 11.0. The van der Waals surface area contributed by atoms with Gasteiger partial charge in [0.2, 0.25) is 0 Å². The van der Waals surface area contributed by atoms with Gasteiger partial charge in [-0.3, -0.25) is 0 Å². The minimum absolute atomic E-state index is 0.0781. The molecule has 1 rings (SSSR count). The Hall–Kier alpha value is -0.330. The number of hydrogen-bond donors (Lipinski definition) is 0. The summed E-state index contributed by atoms with van der Waals surface area (Å²) >= 11 is 0. The quantitative estimate of drug-likeness (QED) is 0.597. The van der Waals surface area contributed by atoms with Crippen LogP contribution < -0.4 is 0 Å². The Kier molecular flexibility index (Phi) is 3.97. The van der Waals surface area contributed by atoms with Gasteiger partial charge >= 0.3 is 0 Å². The summed E-state index contributed by atoms with van der Waals surface area (Å²) in [5.74, 6) is 1.37. The zero-order chi connectivity index (χ0) is 11.6. The second kappa shape index (κ2) is 4.67. The lowest BCUT2D eigenvalue weighted by atomic mass is 9.66. The summed E-state index contributed by atoms with van der Waals surface area (Å²) in [7, 11) is 0. The van der Waals surface area contributed by atoms with Crippen LogP contribution in [0, 0.1) is 17.3 Å². The van der Waals surface area contributed by atoms with E-state index in [9.17, 15) is 4.39 Å². The van der Waals surface area contributed by atoms with Crippen LogP contribution in [-0.2, 0) is 0 Å². The smallest absolute Gasteiger partial charge is 0.0994 e. The predicted octanol–water partition coefficient (Wildman–Crippen LogP) is 5.10. The summed E-state index contributed by atoms with van der Waals surface area (Å²) in [4.78, 5) is 0. The normalized spacial score (nSPS) is 38.0. The highest BCUT2D eigenvalue weighted by Gasteiger charge is 2.38. The third kappa shape index (κ3) is 2.26. The zero-order valence-electron chi connectivity index (χ0n) is 10.9. The molecule has 0 N–H and O–H groups in total. The zero-order valence-corrected chi connectivity index (χ0v) is 10.9. The van der Waals surface area contributed by atoms with Crippen LogP contribution in [0.2, 0.25) is 0 Å². The van der Waals surface area contributed by atoms with E-state index in [1.165, 1.54) is 0 Å². The minimum Gasteiger partial charge on any atom is -0.212 e. The maximum Gasteiger partial charge on any atom is 0.0994 e. The predicted molar refractivity (Wildman–Crippen MR) is 64.4 cm³/mol. The van der Waals surface area contributed by atoms with Gasteiger partial charge in [0, 0.05) is 0 Å². The van der Waals surface area contributed by atoms with Crippen molar-refractivity contribution in [3.8, 4) is 0 Å². The molecule has 15 heavy (non-hydrogen) atoms. The van der Waals surface area contributed by atoms with Gasteiger partial charge in [-0.1, -0.05) is 34.1 Å². The van der Waals surface area contributed by atoms with E-state index in [0.29, 0.717) is 18.3 Å². The Labute approximate surface area is 94.0 Å². The van der Waals surface area contributed by atoms with Crippen molar-refractivity contribution in [2.24, 2.45) is 17.3 Å². The van der Waals surface area contributed by atoms with Crippen LogP contribution in [0.4, 0.5) is 4.39 Å². The van der Waals surface area contributed by atoms with Gasteiger partial charge < -0.3 is 0 Å². The molecule has 1 aliphatic rings. The van der Waals surface area contributed by atoms with Crippen molar-refractivity contribution in [3.63, 3.8) is 0 Å². The van der Waals surface area contributed by atoms with E-state index in [4.69, 9.17) is 0 Å². The fourth-order valence-corrected chi connectivity index (χ4v) is 3.01. The maximum absolute atomic E-state index is 13.9. The van der Waals surface area contributed by atoms with Crippen LogP contribution in [0.3, 0.4) is 0 Å². The first-order chi connectivity index (χ1) is 6.93. The highest BCUT2D eigenvalue weighted by molar-refractivity contribution is 5.18. The monoisotopic (exact) mass is 212 g/mol.